The summed E-state index contributed by atoms with van der Waals surface area (Å²) in [5.41, 5.74) is 1.01. The van der Waals surface area contributed by atoms with Crippen molar-refractivity contribution in [2.24, 2.45) is 10.2 Å². The minimum absolute atomic E-state index is 0.140. The van der Waals surface area contributed by atoms with Gasteiger partial charge < -0.3 is 4.52 Å². The third-order valence-corrected chi connectivity index (χ3v) is 3.13. The Kier molecular flexibility index (Phi) is 3.21. The van der Waals surface area contributed by atoms with Gasteiger partial charge in [0, 0.05) is 17.1 Å². The molecule has 0 aliphatic heterocycles. The van der Waals surface area contributed by atoms with Crippen molar-refractivity contribution in [3.8, 4) is 11.4 Å². The normalized spacial score (nSPS) is 11.2. The number of nitrogens with zero attached hydrogens (tertiary/aromatic N) is 4. The van der Waals surface area contributed by atoms with Crippen molar-refractivity contribution in [2.75, 3.05) is 0 Å². The van der Waals surface area contributed by atoms with Crippen LogP contribution < -0.4 is 5.63 Å². The van der Waals surface area contributed by atoms with E-state index in [0.29, 0.717) is 16.6 Å². The van der Waals surface area contributed by atoms with E-state index in [4.69, 9.17) is 0 Å². The second kappa shape index (κ2) is 5.17. The van der Waals surface area contributed by atoms with E-state index in [2.05, 4.69) is 29.3 Å². The largest absolute Gasteiger partial charge is 0.384 e. The molecule has 100 valence electrons. The highest BCUT2D eigenvalue weighted by molar-refractivity contribution is 7.09. The summed E-state index contributed by atoms with van der Waals surface area (Å²) in [6.07, 6.45) is 0. The summed E-state index contributed by atoms with van der Waals surface area (Å²) in [6.45, 7) is 1.68. The first-order valence-corrected chi connectivity index (χ1v) is 6.50. The van der Waals surface area contributed by atoms with Crippen LogP contribution in [0.3, 0.4) is 0 Å². The lowest BCUT2D eigenvalue weighted by Crippen LogP contribution is -1.89. The van der Waals surface area contributed by atoms with Crippen LogP contribution in [0, 0.1) is 6.92 Å². The fourth-order valence-electron chi connectivity index (χ4n) is 1.54. The Labute approximate surface area is 117 Å². The van der Waals surface area contributed by atoms with Crippen LogP contribution in [-0.2, 0) is 0 Å². The zero-order valence-corrected chi connectivity index (χ0v) is 11.2. The Morgan fingerprint density at radius 3 is 2.75 bits per heavy atom. The van der Waals surface area contributed by atoms with Gasteiger partial charge in [-0.3, -0.25) is 0 Å². The van der Waals surface area contributed by atoms with Gasteiger partial charge in [0.25, 0.3) is 0 Å². The number of nitrogens with one attached hydrogen (secondary N) is 1. The van der Waals surface area contributed by atoms with Crippen LogP contribution in [0.2, 0.25) is 0 Å². The lowest BCUT2D eigenvalue weighted by Gasteiger charge is -1.91. The highest BCUT2D eigenvalue weighted by Gasteiger charge is 2.08. The van der Waals surface area contributed by atoms with Gasteiger partial charge in [0.15, 0.2) is 11.5 Å². The van der Waals surface area contributed by atoms with Crippen LogP contribution in [0.1, 0.15) is 5.69 Å². The fraction of sp³-hybridized carbons (Fsp3) is 0.0833. The monoisotopic (exact) mass is 287 g/mol. The molecule has 3 rings (SSSR count). The molecule has 0 amide bonds. The van der Waals surface area contributed by atoms with E-state index in [-0.39, 0.29) is 5.69 Å². The SMILES string of the molecule is Cc1[nH]oc(=O)c1N=Nc1nc(-c2ccccc2)ns1. The lowest BCUT2D eigenvalue weighted by molar-refractivity contribution is 0.388. The van der Waals surface area contributed by atoms with Gasteiger partial charge in [-0.05, 0) is 6.92 Å². The van der Waals surface area contributed by atoms with Crippen molar-refractivity contribution in [3.63, 3.8) is 0 Å². The van der Waals surface area contributed by atoms with Gasteiger partial charge in [-0.15, -0.1) is 10.2 Å². The molecule has 0 saturated heterocycles. The second-order valence-electron chi connectivity index (χ2n) is 3.93. The highest BCUT2D eigenvalue weighted by Crippen LogP contribution is 2.24. The molecule has 8 heteroatoms. The molecule has 1 N–H and O–H groups in total. The molecule has 1 aromatic carbocycles. The average Bonchev–Trinajstić information content (AvgIpc) is 3.06. The number of hydrogen-bond donors (Lipinski definition) is 1. The standard InChI is InChI=1S/C12H9N5O2S/c1-7-9(11(18)19-16-7)14-15-12-13-10(17-20-12)8-5-3-2-4-6-8/h2-6,16H,1H3. The Bertz CT molecular complexity index is 803. The van der Waals surface area contributed by atoms with Crippen LogP contribution in [-0.4, -0.2) is 14.5 Å². The maximum atomic E-state index is 11.3. The van der Waals surface area contributed by atoms with Crippen molar-refractivity contribution in [2.45, 2.75) is 6.92 Å². The lowest BCUT2D eigenvalue weighted by atomic mass is 10.2. The molecule has 7 nitrogen and oxygen atoms in total. The smallest absolute Gasteiger partial charge is 0.336 e. The maximum absolute atomic E-state index is 11.3. The second-order valence-corrected chi connectivity index (χ2v) is 4.66. The quantitative estimate of drug-likeness (QED) is 0.748. The molecule has 2 heterocycles. The molecule has 0 atom stereocenters. The Hall–Kier alpha value is -2.61. The summed E-state index contributed by atoms with van der Waals surface area (Å²) < 4.78 is 8.79. The van der Waals surface area contributed by atoms with Gasteiger partial charge in [0.2, 0.25) is 5.13 Å². The summed E-state index contributed by atoms with van der Waals surface area (Å²) in [6, 6.07) is 9.56. The molecule has 0 aliphatic rings. The van der Waals surface area contributed by atoms with Crippen LogP contribution in [0.4, 0.5) is 10.8 Å². The number of H-pyrrole nitrogens is 1. The van der Waals surface area contributed by atoms with Crippen LogP contribution in [0.25, 0.3) is 11.4 Å². The van der Waals surface area contributed by atoms with Gasteiger partial charge in [-0.2, -0.15) is 9.36 Å². The summed E-state index contributed by atoms with van der Waals surface area (Å²) in [7, 11) is 0. The molecule has 0 bridgehead atoms. The molecule has 0 unspecified atom stereocenters. The van der Waals surface area contributed by atoms with Crippen LogP contribution >= 0.6 is 11.5 Å². The first-order valence-electron chi connectivity index (χ1n) is 5.73. The predicted octanol–water partition coefficient (Wildman–Crippen LogP) is 3.21. The molecule has 0 fully saturated rings. The van der Waals surface area contributed by atoms with Crippen molar-refractivity contribution in [3.05, 3.63) is 46.4 Å². The van der Waals surface area contributed by atoms with E-state index in [0.717, 1.165) is 17.1 Å². The summed E-state index contributed by atoms with van der Waals surface area (Å²) in [4.78, 5) is 15.5. The molecule has 0 radical (unpaired) electrons. The number of aromatic amines is 1. The Balaban J connectivity index is 1.87. The Morgan fingerprint density at radius 1 is 1.25 bits per heavy atom. The topological polar surface area (TPSA) is 96.5 Å². The van der Waals surface area contributed by atoms with Crippen molar-refractivity contribution < 1.29 is 4.52 Å². The molecule has 0 saturated carbocycles. The Morgan fingerprint density at radius 2 is 2.05 bits per heavy atom. The van der Waals surface area contributed by atoms with Crippen LogP contribution in [0.15, 0.2) is 49.9 Å². The third-order valence-electron chi connectivity index (χ3n) is 2.53. The number of benzene rings is 1. The van der Waals surface area contributed by atoms with E-state index >= 15 is 0 Å². The van der Waals surface area contributed by atoms with Gasteiger partial charge in [-0.25, -0.2) is 9.95 Å². The van der Waals surface area contributed by atoms with Gasteiger partial charge in [0.05, 0.1) is 5.69 Å². The average molecular weight is 287 g/mol. The molecular formula is C12H9N5O2S. The summed E-state index contributed by atoms with van der Waals surface area (Å²) >= 11 is 1.11. The first kappa shape index (κ1) is 12.4. The van der Waals surface area contributed by atoms with E-state index in [1.54, 1.807) is 6.92 Å². The van der Waals surface area contributed by atoms with E-state index in [1.165, 1.54) is 0 Å². The van der Waals surface area contributed by atoms with Gasteiger partial charge in [-0.1, -0.05) is 30.3 Å². The molecule has 20 heavy (non-hydrogen) atoms. The summed E-state index contributed by atoms with van der Waals surface area (Å²) in [5.74, 6) is 0.586. The van der Waals surface area contributed by atoms with Gasteiger partial charge in [0.1, 0.15) is 0 Å². The molecular weight excluding hydrogens is 278 g/mol. The highest BCUT2D eigenvalue weighted by atomic mass is 32.1. The van der Waals surface area contributed by atoms with E-state index in [9.17, 15) is 4.79 Å². The first-order chi connectivity index (χ1) is 9.74. The van der Waals surface area contributed by atoms with Gasteiger partial charge >= 0.3 is 5.63 Å². The molecule has 0 spiro atoms. The molecule has 3 aromatic rings. The number of aromatic nitrogens is 3. The predicted molar refractivity (Wildman–Crippen MR) is 73.6 cm³/mol. The summed E-state index contributed by atoms with van der Waals surface area (Å²) in [5, 5.41) is 10.6. The fourth-order valence-corrected chi connectivity index (χ4v) is 2.06. The van der Waals surface area contributed by atoms with Crippen LogP contribution in [0.5, 0.6) is 0 Å². The molecule has 0 aliphatic carbocycles. The minimum atomic E-state index is -0.556. The zero-order valence-electron chi connectivity index (χ0n) is 10.4. The number of azo groups is 1. The van der Waals surface area contributed by atoms with Crippen molar-refractivity contribution in [1.82, 2.24) is 14.5 Å². The zero-order chi connectivity index (χ0) is 13.9. The number of hydrogen-bond acceptors (Lipinski definition) is 7. The van der Waals surface area contributed by atoms with E-state index in [1.807, 2.05) is 30.3 Å². The number of rotatable bonds is 3. The van der Waals surface area contributed by atoms with E-state index < -0.39 is 5.63 Å². The number of aryl methyl sites for hydroxylation is 1. The maximum Gasteiger partial charge on any atom is 0.384 e. The molecule has 2 aromatic heterocycles. The van der Waals surface area contributed by atoms with Crippen molar-refractivity contribution >= 4 is 22.4 Å². The third kappa shape index (κ3) is 2.41. The minimum Gasteiger partial charge on any atom is -0.336 e. The van der Waals surface area contributed by atoms with Crippen molar-refractivity contribution in [1.29, 1.82) is 0 Å².